The van der Waals surface area contributed by atoms with Crippen LogP contribution in [-0.2, 0) is 0 Å². The first kappa shape index (κ1) is 23.2. The maximum Gasteiger partial charge on any atom is 0.0101 e. The highest BCUT2D eigenvalue weighted by Gasteiger charge is 2.36. The van der Waals surface area contributed by atoms with E-state index in [-0.39, 0.29) is 0 Å². The summed E-state index contributed by atoms with van der Waals surface area (Å²) in [4.78, 5) is 0. The highest BCUT2D eigenvalue weighted by molar-refractivity contribution is 4.93. The van der Waals surface area contributed by atoms with Gasteiger partial charge in [0.15, 0.2) is 0 Å². The molecule has 0 bridgehead atoms. The van der Waals surface area contributed by atoms with Gasteiger partial charge < -0.3 is 5.32 Å². The largest absolute Gasteiger partial charge is 0.311 e. The molecule has 2 rings (SSSR count). The zero-order valence-corrected chi connectivity index (χ0v) is 19.1. The Hall–Kier alpha value is -0.0400. The molecule has 0 radical (unpaired) electrons. The van der Waals surface area contributed by atoms with Crippen molar-refractivity contribution in [3.8, 4) is 0 Å². The van der Waals surface area contributed by atoms with Crippen LogP contribution in [0, 0.1) is 17.8 Å². The average molecular weight is 378 g/mol. The van der Waals surface area contributed by atoms with Gasteiger partial charge in [-0.1, -0.05) is 104 Å². The third-order valence-corrected chi connectivity index (χ3v) is 7.84. The Morgan fingerprint density at radius 1 is 0.704 bits per heavy atom. The van der Waals surface area contributed by atoms with Crippen LogP contribution in [-0.4, -0.2) is 12.1 Å². The van der Waals surface area contributed by atoms with Gasteiger partial charge in [0.2, 0.25) is 0 Å². The highest BCUT2D eigenvalue weighted by atomic mass is 15.0. The fraction of sp³-hybridized carbons (Fsp3) is 1.00. The molecule has 2 aliphatic rings. The standard InChI is InChI=1S/C26H51N/c1-4-6-8-9-10-11-12-13-18-24(22(3)16-7-5-2)26-21-20-23-17-14-15-19-25(23)27-26/h22-27H,4-21H2,1-3H3. The van der Waals surface area contributed by atoms with Crippen LogP contribution < -0.4 is 5.32 Å². The SMILES string of the molecule is CCCCCCCCCCC(C(C)CCCC)C1CCC2CCCCC2N1. The van der Waals surface area contributed by atoms with Crippen molar-refractivity contribution in [3.63, 3.8) is 0 Å². The van der Waals surface area contributed by atoms with Gasteiger partial charge in [-0.05, 0) is 49.9 Å². The molecule has 0 aromatic rings. The molecule has 0 spiro atoms. The van der Waals surface area contributed by atoms with E-state index in [1.807, 2.05) is 0 Å². The normalized spacial score (nSPS) is 27.9. The predicted molar refractivity (Wildman–Crippen MR) is 121 cm³/mol. The summed E-state index contributed by atoms with van der Waals surface area (Å²) in [6.07, 6.45) is 26.2. The Kier molecular flexibility index (Phi) is 12.1. The maximum absolute atomic E-state index is 4.19. The number of hydrogen-bond acceptors (Lipinski definition) is 1. The van der Waals surface area contributed by atoms with Crippen LogP contribution >= 0.6 is 0 Å². The smallest absolute Gasteiger partial charge is 0.0101 e. The minimum absolute atomic E-state index is 0.820. The quantitative estimate of drug-likeness (QED) is 0.300. The zero-order chi connectivity index (χ0) is 19.3. The molecule has 0 aromatic heterocycles. The van der Waals surface area contributed by atoms with E-state index in [1.165, 1.54) is 116 Å². The number of unbranched alkanes of at least 4 members (excludes halogenated alkanes) is 8. The molecule has 1 saturated heterocycles. The van der Waals surface area contributed by atoms with Crippen LogP contribution in [0.1, 0.15) is 136 Å². The van der Waals surface area contributed by atoms with Crippen molar-refractivity contribution in [2.45, 2.75) is 148 Å². The van der Waals surface area contributed by atoms with E-state index in [0.717, 1.165) is 29.8 Å². The number of rotatable bonds is 14. The summed E-state index contributed by atoms with van der Waals surface area (Å²) in [6, 6.07) is 1.68. The Labute approximate surface area is 171 Å². The van der Waals surface area contributed by atoms with Crippen molar-refractivity contribution < 1.29 is 0 Å². The van der Waals surface area contributed by atoms with E-state index in [1.54, 1.807) is 0 Å². The Morgan fingerprint density at radius 2 is 1.37 bits per heavy atom. The molecule has 5 unspecified atom stereocenters. The van der Waals surface area contributed by atoms with E-state index in [4.69, 9.17) is 0 Å². The summed E-state index contributed by atoms with van der Waals surface area (Å²) in [7, 11) is 0. The third kappa shape index (κ3) is 8.46. The Bertz CT molecular complexity index is 352. The monoisotopic (exact) mass is 377 g/mol. The number of fused-ring (bicyclic) bond motifs is 1. The molecule has 0 aromatic carbocycles. The lowest BCUT2D eigenvalue weighted by Crippen LogP contribution is -2.52. The van der Waals surface area contributed by atoms with Gasteiger partial charge in [0.25, 0.3) is 0 Å². The van der Waals surface area contributed by atoms with Crippen LogP contribution in [0.2, 0.25) is 0 Å². The van der Waals surface area contributed by atoms with E-state index in [9.17, 15) is 0 Å². The molecule has 1 aliphatic heterocycles. The molecule has 0 amide bonds. The Morgan fingerprint density at radius 3 is 2.11 bits per heavy atom. The fourth-order valence-corrected chi connectivity index (χ4v) is 6.00. The van der Waals surface area contributed by atoms with E-state index >= 15 is 0 Å². The van der Waals surface area contributed by atoms with Crippen LogP contribution in [0.5, 0.6) is 0 Å². The van der Waals surface area contributed by atoms with Crippen LogP contribution in [0.3, 0.4) is 0 Å². The summed E-state index contributed by atoms with van der Waals surface area (Å²) in [6.45, 7) is 7.24. The molecule has 5 atom stereocenters. The van der Waals surface area contributed by atoms with Crippen LogP contribution in [0.15, 0.2) is 0 Å². The second-order valence-electron chi connectivity index (χ2n) is 10.0. The molecule has 1 heterocycles. The van der Waals surface area contributed by atoms with Crippen LogP contribution in [0.25, 0.3) is 0 Å². The van der Waals surface area contributed by atoms with Gasteiger partial charge in [0.1, 0.15) is 0 Å². The lowest BCUT2D eigenvalue weighted by atomic mass is 9.72. The molecule has 2 fully saturated rings. The molecule has 1 heteroatoms. The summed E-state index contributed by atoms with van der Waals surface area (Å²) >= 11 is 0. The topological polar surface area (TPSA) is 12.0 Å². The second-order valence-corrected chi connectivity index (χ2v) is 10.0. The summed E-state index contributed by atoms with van der Waals surface area (Å²) < 4.78 is 0. The second kappa shape index (κ2) is 14.0. The third-order valence-electron chi connectivity index (χ3n) is 7.84. The Balaban J connectivity index is 1.75. The molecule has 1 nitrogen and oxygen atoms in total. The molecule has 27 heavy (non-hydrogen) atoms. The predicted octanol–water partition coefficient (Wildman–Crippen LogP) is 8.27. The van der Waals surface area contributed by atoms with E-state index in [2.05, 4.69) is 26.1 Å². The summed E-state index contributed by atoms with van der Waals surface area (Å²) in [5.41, 5.74) is 0. The van der Waals surface area contributed by atoms with Gasteiger partial charge >= 0.3 is 0 Å². The lowest BCUT2D eigenvalue weighted by molar-refractivity contribution is 0.117. The molecule has 1 aliphatic carbocycles. The van der Waals surface area contributed by atoms with Gasteiger partial charge in [-0.15, -0.1) is 0 Å². The molecular formula is C26H51N. The first-order chi connectivity index (χ1) is 13.3. The van der Waals surface area contributed by atoms with Crippen molar-refractivity contribution >= 4 is 0 Å². The highest BCUT2D eigenvalue weighted by Crippen LogP contribution is 2.37. The average Bonchev–Trinajstić information content (AvgIpc) is 2.70. The van der Waals surface area contributed by atoms with Crippen molar-refractivity contribution in [1.29, 1.82) is 0 Å². The van der Waals surface area contributed by atoms with Crippen molar-refractivity contribution in [2.75, 3.05) is 0 Å². The first-order valence-electron chi connectivity index (χ1n) is 13.0. The van der Waals surface area contributed by atoms with Crippen LogP contribution in [0.4, 0.5) is 0 Å². The van der Waals surface area contributed by atoms with Gasteiger partial charge in [0.05, 0.1) is 0 Å². The van der Waals surface area contributed by atoms with Crippen molar-refractivity contribution in [2.24, 2.45) is 17.8 Å². The molecule has 1 N–H and O–H groups in total. The van der Waals surface area contributed by atoms with Crippen molar-refractivity contribution in [3.05, 3.63) is 0 Å². The minimum atomic E-state index is 0.820. The first-order valence-corrected chi connectivity index (χ1v) is 13.0. The molecular weight excluding hydrogens is 326 g/mol. The van der Waals surface area contributed by atoms with Crippen molar-refractivity contribution in [1.82, 2.24) is 5.32 Å². The van der Waals surface area contributed by atoms with Gasteiger partial charge in [-0.25, -0.2) is 0 Å². The fourth-order valence-electron chi connectivity index (χ4n) is 6.00. The summed E-state index contributed by atoms with van der Waals surface area (Å²) in [5.74, 6) is 2.84. The van der Waals surface area contributed by atoms with Gasteiger partial charge in [0, 0.05) is 12.1 Å². The minimum Gasteiger partial charge on any atom is -0.311 e. The number of hydrogen-bond donors (Lipinski definition) is 1. The van der Waals surface area contributed by atoms with Gasteiger partial charge in [-0.2, -0.15) is 0 Å². The number of nitrogens with one attached hydrogen (secondary N) is 1. The van der Waals surface area contributed by atoms with Gasteiger partial charge in [-0.3, -0.25) is 0 Å². The number of piperidine rings is 1. The zero-order valence-electron chi connectivity index (χ0n) is 19.1. The maximum atomic E-state index is 4.19. The molecule has 1 saturated carbocycles. The lowest BCUT2D eigenvalue weighted by Gasteiger charge is -2.44. The van der Waals surface area contributed by atoms with E-state index < -0.39 is 0 Å². The molecule has 160 valence electrons. The summed E-state index contributed by atoms with van der Waals surface area (Å²) in [5, 5.41) is 4.19. The van der Waals surface area contributed by atoms with E-state index in [0.29, 0.717) is 0 Å².